The van der Waals surface area contributed by atoms with Gasteiger partial charge in [-0.25, -0.2) is 4.79 Å². The first kappa shape index (κ1) is 21.4. The zero-order valence-corrected chi connectivity index (χ0v) is 15.5. The normalized spacial score (nSPS) is 15.5. The SMILES string of the molecule is CCOP(=O)(OCC)[C@H](O)[C@@H](NC(=O)OC(C)(C)C)C(C)C. The van der Waals surface area contributed by atoms with Gasteiger partial charge < -0.3 is 24.2 Å². The summed E-state index contributed by atoms with van der Waals surface area (Å²) in [7, 11) is -3.74. The van der Waals surface area contributed by atoms with Crippen molar-refractivity contribution in [2.75, 3.05) is 13.2 Å². The molecule has 0 unspecified atom stereocenters. The third kappa shape index (κ3) is 7.09. The Morgan fingerprint density at radius 1 is 1.18 bits per heavy atom. The average Bonchev–Trinajstić information content (AvgIpc) is 2.33. The van der Waals surface area contributed by atoms with Crippen molar-refractivity contribution in [1.29, 1.82) is 0 Å². The lowest BCUT2D eigenvalue weighted by Crippen LogP contribution is -2.48. The first-order valence-corrected chi connectivity index (χ1v) is 9.14. The summed E-state index contributed by atoms with van der Waals surface area (Å²) in [5.74, 6) is -1.67. The molecule has 0 aromatic rings. The third-order valence-electron chi connectivity index (χ3n) is 2.66. The van der Waals surface area contributed by atoms with Crippen LogP contribution in [0, 0.1) is 5.92 Å². The Labute approximate surface area is 133 Å². The lowest BCUT2D eigenvalue weighted by atomic mass is 10.1. The number of amides is 1. The Bertz CT molecular complexity index is 383. The second-order valence-electron chi connectivity index (χ2n) is 6.21. The Morgan fingerprint density at radius 3 is 1.95 bits per heavy atom. The van der Waals surface area contributed by atoms with E-state index in [9.17, 15) is 14.5 Å². The first-order valence-electron chi connectivity index (χ1n) is 7.53. The number of aliphatic hydroxyl groups excluding tert-OH is 1. The van der Waals surface area contributed by atoms with Gasteiger partial charge in [0.25, 0.3) is 0 Å². The smallest absolute Gasteiger partial charge is 0.407 e. The van der Waals surface area contributed by atoms with Crippen LogP contribution in [-0.4, -0.2) is 41.9 Å². The zero-order valence-electron chi connectivity index (χ0n) is 14.6. The molecule has 8 heteroatoms. The van der Waals surface area contributed by atoms with Crippen LogP contribution in [0.3, 0.4) is 0 Å². The lowest BCUT2D eigenvalue weighted by molar-refractivity contribution is 0.0415. The molecule has 0 fully saturated rings. The first-order chi connectivity index (χ1) is 9.96. The number of hydrogen-bond donors (Lipinski definition) is 2. The number of ether oxygens (including phenoxy) is 1. The summed E-state index contributed by atoms with van der Waals surface area (Å²) < 4.78 is 28.1. The largest absolute Gasteiger partial charge is 0.444 e. The van der Waals surface area contributed by atoms with E-state index >= 15 is 0 Å². The molecule has 0 bridgehead atoms. The van der Waals surface area contributed by atoms with Crippen molar-refractivity contribution in [1.82, 2.24) is 5.32 Å². The molecule has 0 aliphatic rings. The van der Waals surface area contributed by atoms with Gasteiger partial charge in [-0.15, -0.1) is 0 Å². The minimum atomic E-state index is -3.74. The Kier molecular flexibility index (Phi) is 8.62. The summed E-state index contributed by atoms with van der Waals surface area (Å²) in [6, 6.07) is -0.821. The van der Waals surface area contributed by atoms with Crippen LogP contribution in [0.25, 0.3) is 0 Å². The third-order valence-corrected chi connectivity index (χ3v) is 4.87. The van der Waals surface area contributed by atoms with Crippen LogP contribution in [0.1, 0.15) is 48.5 Å². The number of hydrogen-bond acceptors (Lipinski definition) is 6. The molecule has 0 spiro atoms. The number of carbonyl (C=O) groups excluding carboxylic acids is 1. The second-order valence-corrected chi connectivity index (χ2v) is 8.33. The lowest BCUT2D eigenvalue weighted by Gasteiger charge is -2.32. The zero-order chi connectivity index (χ0) is 17.6. The summed E-state index contributed by atoms with van der Waals surface area (Å²) in [6.07, 6.45) is -0.690. The number of carbonyl (C=O) groups is 1. The molecule has 7 nitrogen and oxygen atoms in total. The van der Waals surface area contributed by atoms with Gasteiger partial charge in [0.05, 0.1) is 19.3 Å². The van der Waals surface area contributed by atoms with Crippen molar-refractivity contribution in [2.24, 2.45) is 5.92 Å². The van der Waals surface area contributed by atoms with Gasteiger partial charge in [0.15, 0.2) is 5.85 Å². The fourth-order valence-electron chi connectivity index (χ4n) is 1.78. The van der Waals surface area contributed by atoms with E-state index in [2.05, 4.69) is 5.32 Å². The minimum absolute atomic E-state index is 0.131. The van der Waals surface area contributed by atoms with Gasteiger partial charge in [-0.3, -0.25) is 4.57 Å². The molecular weight excluding hydrogens is 309 g/mol. The van der Waals surface area contributed by atoms with Gasteiger partial charge in [-0.2, -0.15) is 0 Å². The highest BCUT2D eigenvalue weighted by atomic mass is 31.2. The van der Waals surface area contributed by atoms with E-state index in [1.54, 1.807) is 48.5 Å². The van der Waals surface area contributed by atoms with E-state index in [4.69, 9.17) is 13.8 Å². The summed E-state index contributed by atoms with van der Waals surface area (Å²) in [6.45, 7) is 12.3. The molecule has 22 heavy (non-hydrogen) atoms. The van der Waals surface area contributed by atoms with E-state index < -0.39 is 31.2 Å². The molecule has 132 valence electrons. The molecule has 0 rings (SSSR count). The molecule has 0 saturated heterocycles. The van der Waals surface area contributed by atoms with Crippen LogP contribution < -0.4 is 5.32 Å². The standard InChI is InChI=1S/C14H30NO6P/c1-8-19-22(18,20-9-2)12(16)11(10(3)4)15-13(17)21-14(5,6)7/h10-12,16H,8-9H2,1-7H3,(H,15,17)/t11-,12-/m0/s1. The predicted molar refractivity (Wildman–Crippen MR) is 84.9 cm³/mol. The molecule has 0 aromatic carbocycles. The van der Waals surface area contributed by atoms with Crippen molar-refractivity contribution in [3.8, 4) is 0 Å². The quantitative estimate of drug-likeness (QED) is 0.660. The summed E-state index contributed by atoms with van der Waals surface area (Å²) >= 11 is 0. The highest BCUT2D eigenvalue weighted by Gasteiger charge is 2.42. The number of alkyl carbamates (subject to hydrolysis) is 1. The van der Waals surface area contributed by atoms with Gasteiger partial charge >= 0.3 is 13.7 Å². The fourth-order valence-corrected chi connectivity index (χ4v) is 3.69. The average molecular weight is 339 g/mol. The van der Waals surface area contributed by atoms with Gasteiger partial charge in [0.1, 0.15) is 5.60 Å². The minimum Gasteiger partial charge on any atom is -0.444 e. The van der Waals surface area contributed by atoms with Gasteiger partial charge in [-0.05, 0) is 40.5 Å². The Balaban J connectivity index is 5.14. The fraction of sp³-hybridized carbons (Fsp3) is 0.929. The van der Waals surface area contributed by atoms with Crippen molar-refractivity contribution in [2.45, 2.75) is 66.0 Å². The molecule has 0 radical (unpaired) electrons. The maximum atomic E-state index is 12.6. The molecule has 0 heterocycles. The molecule has 2 atom stereocenters. The molecule has 0 aliphatic heterocycles. The number of aliphatic hydroxyl groups is 1. The van der Waals surface area contributed by atoms with Crippen LogP contribution in [0.15, 0.2) is 0 Å². The van der Waals surface area contributed by atoms with Crippen LogP contribution in [0.2, 0.25) is 0 Å². The molecule has 0 saturated carbocycles. The van der Waals surface area contributed by atoms with Crippen molar-refractivity contribution in [3.63, 3.8) is 0 Å². The summed E-state index contributed by atoms with van der Waals surface area (Å²) in [5.41, 5.74) is -0.667. The maximum Gasteiger partial charge on any atom is 0.407 e. The van der Waals surface area contributed by atoms with E-state index in [1.807, 2.05) is 0 Å². The molecule has 0 aliphatic carbocycles. The molecule has 1 amide bonds. The van der Waals surface area contributed by atoms with Crippen LogP contribution >= 0.6 is 7.60 Å². The van der Waals surface area contributed by atoms with E-state index in [0.29, 0.717) is 0 Å². The van der Waals surface area contributed by atoms with Gasteiger partial charge in [0, 0.05) is 0 Å². The Morgan fingerprint density at radius 2 is 1.64 bits per heavy atom. The van der Waals surface area contributed by atoms with Crippen molar-refractivity contribution >= 4 is 13.7 Å². The van der Waals surface area contributed by atoms with Crippen molar-refractivity contribution in [3.05, 3.63) is 0 Å². The monoisotopic (exact) mass is 339 g/mol. The summed E-state index contributed by atoms with van der Waals surface area (Å²) in [5, 5.41) is 13.0. The van der Waals surface area contributed by atoms with Crippen LogP contribution in [0.4, 0.5) is 4.79 Å². The summed E-state index contributed by atoms with van der Waals surface area (Å²) in [4.78, 5) is 11.9. The van der Waals surface area contributed by atoms with Crippen LogP contribution in [0.5, 0.6) is 0 Å². The van der Waals surface area contributed by atoms with Crippen molar-refractivity contribution < 1.29 is 28.3 Å². The van der Waals surface area contributed by atoms with Gasteiger partial charge in [-0.1, -0.05) is 13.8 Å². The highest BCUT2D eigenvalue weighted by molar-refractivity contribution is 7.54. The number of rotatable bonds is 8. The van der Waals surface area contributed by atoms with E-state index in [1.165, 1.54) is 0 Å². The number of nitrogens with one attached hydrogen (secondary N) is 1. The van der Waals surface area contributed by atoms with E-state index in [0.717, 1.165) is 0 Å². The molecule has 2 N–H and O–H groups in total. The maximum absolute atomic E-state index is 12.6. The Hall–Kier alpha value is -0.620. The van der Waals surface area contributed by atoms with Crippen LogP contribution in [-0.2, 0) is 18.3 Å². The molecular formula is C14H30NO6P. The van der Waals surface area contributed by atoms with E-state index in [-0.39, 0.29) is 19.1 Å². The predicted octanol–water partition coefficient (Wildman–Crippen LogP) is 3.12. The molecule has 0 aromatic heterocycles. The highest BCUT2D eigenvalue weighted by Crippen LogP contribution is 2.53. The van der Waals surface area contributed by atoms with Gasteiger partial charge in [0.2, 0.25) is 0 Å². The second kappa shape index (κ2) is 8.87. The topological polar surface area (TPSA) is 94.1 Å².